The molecule has 1 aromatic heterocycles. The minimum atomic E-state index is -0.448. The molecule has 0 saturated carbocycles. The lowest BCUT2D eigenvalue weighted by Crippen LogP contribution is -2.46. The summed E-state index contributed by atoms with van der Waals surface area (Å²) in [6.45, 7) is 4.74. The van der Waals surface area contributed by atoms with Gasteiger partial charge in [0.1, 0.15) is 5.52 Å². The van der Waals surface area contributed by atoms with Crippen molar-refractivity contribution in [2.45, 2.75) is 6.54 Å². The molecule has 3 aromatic rings. The van der Waals surface area contributed by atoms with Gasteiger partial charge in [-0.15, -0.1) is 0 Å². The number of nitrogens with zero attached hydrogens (tertiary/aromatic N) is 3. The van der Waals surface area contributed by atoms with Crippen LogP contribution in [0.2, 0.25) is 0 Å². The lowest BCUT2D eigenvalue weighted by atomic mass is 10.2. The van der Waals surface area contributed by atoms with E-state index < -0.39 is 5.91 Å². The van der Waals surface area contributed by atoms with Gasteiger partial charge in [0.25, 0.3) is 5.91 Å². The van der Waals surface area contributed by atoms with E-state index in [1.165, 1.54) is 5.56 Å². The van der Waals surface area contributed by atoms with Crippen LogP contribution in [0.1, 0.15) is 15.9 Å². The van der Waals surface area contributed by atoms with Crippen molar-refractivity contribution >= 4 is 22.9 Å². The number of aromatic nitrogens is 2. The van der Waals surface area contributed by atoms with Crippen LogP contribution in [0, 0.1) is 0 Å². The molecule has 0 radical (unpaired) electrons. The molecule has 2 aromatic carbocycles. The Bertz CT molecular complexity index is 881. The highest BCUT2D eigenvalue weighted by Crippen LogP contribution is 2.22. The van der Waals surface area contributed by atoms with Gasteiger partial charge in [0, 0.05) is 32.7 Å². The first kappa shape index (κ1) is 15.7. The quantitative estimate of drug-likeness (QED) is 0.764. The number of para-hydroxylation sites is 1. The Morgan fingerprint density at radius 1 is 1.04 bits per heavy atom. The number of fused-ring (bicyclic) bond motifs is 1. The van der Waals surface area contributed by atoms with E-state index in [4.69, 9.17) is 5.73 Å². The van der Waals surface area contributed by atoms with E-state index in [2.05, 4.69) is 44.0 Å². The van der Waals surface area contributed by atoms with E-state index in [1.807, 2.05) is 18.2 Å². The number of amides is 1. The SMILES string of the molecule is NC(=O)c1cccc2[nH]c(N3CCN(Cc4ccccc4)CC3)nc12. The molecule has 1 amide bonds. The molecule has 1 saturated heterocycles. The molecule has 0 unspecified atom stereocenters. The summed E-state index contributed by atoms with van der Waals surface area (Å²) in [4.78, 5) is 24.2. The number of primary amides is 1. The monoisotopic (exact) mass is 335 g/mol. The molecule has 6 nitrogen and oxygen atoms in total. The summed E-state index contributed by atoms with van der Waals surface area (Å²) in [5, 5.41) is 0. The number of hydrogen-bond donors (Lipinski definition) is 2. The Morgan fingerprint density at radius 3 is 2.52 bits per heavy atom. The molecule has 1 aliphatic heterocycles. The summed E-state index contributed by atoms with van der Waals surface area (Å²) < 4.78 is 0. The predicted octanol–water partition coefficient (Wildman–Crippen LogP) is 1.98. The van der Waals surface area contributed by atoms with E-state index in [1.54, 1.807) is 6.07 Å². The lowest BCUT2D eigenvalue weighted by molar-refractivity contribution is 0.100. The molecule has 0 atom stereocenters. The van der Waals surface area contributed by atoms with Gasteiger partial charge in [0.15, 0.2) is 0 Å². The Labute approximate surface area is 146 Å². The molecular formula is C19H21N5O. The molecule has 0 aliphatic carbocycles. The average molecular weight is 335 g/mol. The maximum atomic E-state index is 11.6. The van der Waals surface area contributed by atoms with E-state index in [0.717, 1.165) is 44.2 Å². The number of anilines is 1. The smallest absolute Gasteiger partial charge is 0.250 e. The summed E-state index contributed by atoms with van der Waals surface area (Å²) >= 11 is 0. The number of H-pyrrole nitrogens is 1. The fraction of sp³-hybridized carbons (Fsp3) is 0.263. The Balaban J connectivity index is 1.46. The van der Waals surface area contributed by atoms with Gasteiger partial charge in [-0.2, -0.15) is 0 Å². The third-order valence-corrected chi connectivity index (χ3v) is 4.69. The Morgan fingerprint density at radius 2 is 1.80 bits per heavy atom. The summed E-state index contributed by atoms with van der Waals surface area (Å²) in [6, 6.07) is 16.0. The molecule has 6 heteroatoms. The maximum Gasteiger partial charge on any atom is 0.250 e. The number of carbonyl (C=O) groups excluding carboxylic acids is 1. The first-order chi connectivity index (χ1) is 12.2. The van der Waals surface area contributed by atoms with Crippen molar-refractivity contribution in [1.29, 1.82) is 0 Å². The minimum absolute atomic E-state index is 0.448. The molecular weight excluding hydrogens is 314 g/mol. The number of rotatable bonds is 4. The fourth-order valence-corrected chi connectivity index (χ4v) is 3.33. The third kappa shape index (κ3) is 3.21. The van der Waals surface area contributed by atoms with Crippen molar-refractivity contribution < 1.29 is 4.79 Å². The molecule has 3 N–H and O–H groups in total. The normalized spacial score (nSPS) is 15.6. The van der Waals surface area contributed by atoms with Gasteiger partial charge in [-0.3, -0.25) is 9.69 Å². The number of benzene rings is 2. The topological polar surface area (TPSA) is 78.2 Å². The number of nitrogens with one attached hydrogen (secondary N) is 1. The number of nitrogens with two attached hydrogens (primary N) is 1. The summed E-state index contributed by atoms with van der Waals surface area (Å²) in [7, 11) is 0. The fourth-order valence-electron chi connectivity index (χ4n) is 3.33. The van der Waals surface area contributed by atoms with Gasteiger partial charge in [0.2, 0.25) is 5.95 Å². The second-order valence-corrected chi connectivity index (χ2v) is 6.38. The first-order valence-corrected chi connectivity index (χ1v) is 8.50. The minimum Gasteiger partial charge on any atom is -0.366 e. The van der Waals surface area contributed by atoms with Crippen LogP contribution < -0.4 is 10.6 Å². The van der Waals surface area contributed by atoms with Crippen molar-refractivity contribution in [3.8, 4) is 0 Å². The summed E-state index contributed by atoms with van der Waals surface area (Å²) in [5.74, 6) is 0.361. The molecule has 2 heterocycles. The van der Waals surface area contributed by atoms with E-state index in [0.29, 0.717) is 11.1 Å². The Hall–Kier alpha value is -2.86. The molecule has 25 heavy (non-hydrogen) atoms. The standard InChI is InChI=1S/C19H21N5O/c20-18(25)15-7-4-8-16-17(15)22-19(21-16)24-11-9-23(10-12-24)13-14-5-2-1-3-6-14/h1-8H,9-13H2,(H2,20,25)(H,21,22). The van der Waals surface area contributed by atoms with Gasteiger partial charge in [-0.05, 0) is 17.7 Å². The van der Waals surface area contributed by atoms with E-state index in [-0.39, 0.29) is 0 Å². The zero-order valence-electron chi connectivity index (χ0n) is 14.0. The number of aromatic amines is 1. The van der Waals surface area contributed by atoms with Crippen molar-refractivity contribution in [3.05, 3.63) is 59.7 Å². The average Bonchev–Trinajstić information content (AvgIpc) is 3.07. The van der Waals surface area contributed by atoms with E-state index in [9.17, 15) is 4.79 Å². The molecule has 4 rings (SSSR count). The van der Waals surface area contributed by atoms with Crippen LogP contribution in [0.15, 0.2) is 48.5 Å². The van der Waals surface area contributed by atoms with Gasteiger partial charge < -0.3 is 15.6 Å². The van der Waals surface area contributed by atoms with Crippen LogP contribution in [-0.4, -0.2) is 47.0 Å². The molecule has 0 bridgehead atoms. The zero-order chi connectivity index (χ0) is 17.2. The number of carbonyl (C=O) groups is 1. The van der Waals surface area contributed by atoms with Crippen molar-refractivity contribution in [1.82, 2.24) is 14.9 Å². The largest absolute Gasteiger partial charge is 0.366 e. The zero-order valence-corrected chi connectivity index (χ0v) is 14.0. The van der Waals surface area contributed by atoms with Crippen LogP contribution in [0.25, 0.3) is 11.0 Å². The molecule has 0 spiro atoms. The maximum absolute atomic E-state index is 11.6. The number of hydrogen-bond acceptors (Lipinski definition) is 4. The molecule has 128 valence electrons. The van der Waals surface area contributed by atoms with Crippen molar-refractivity contribution in [3.63, 3.8) is 0 Å². The highest BCUT2D eigenvalue weighted by molar-refractivity contribution is 6.04. The van der Waals surface area contributed by atoms with Crippen molar-refractivity contribution in [2.24, 2.45) is 5.73 Å². The van der Waals surface area contributed by atoms with Gasteiger partial charge in [-0.1, -0.05) is 36.4 Å². The summed E-state index contributed by atoms with van der Waals surface area (Å²) in [6.07, 6.45) is 0. The summed E-state index contributed by atoms with van der Waals surface area (Å²) in [5.41, 5.74) is 8.74. The molecule has 1 aliphatic rings. The van der Waals surface area contributed by atoms with Gasteiger partial charge in [-0.25, -0.2) is 4.98 Å². The second-order valence-electron chi connectivity index (χ2n) is 6.38. The van der Waals surface area contributed by atoms with Crippen molar-refractivity contribution in [2.75, 3.05) is 31.1 Å². The second kappa shape index (κ2) is 6.57. The molecule has 1 fully saturated rings. The van der Waals surface area contributed by atoms with Gasteiger partial charge in [0.05, 0.1) is 11.1 Å². The van der Waals surface area contributed by atoms with Crippen LogP contribution in [-0.2, 0) is 6.54 Å². The highest BCUT2D eigenvalue weighted by Gasteiger charge is 2.20. The third-order valence-electron chi connectivity index (χ3n) is 4.69. The number of piperazine rings is 1. The van der Waals surface area contributed by atoms with Crippen LogP contribution in [0.3, 0.4) is 0 Å². The Kier molecular flexibility index (Phi) is 4.11. The first-order valence-electron chi connectivity index (χ1n) is 8.50. The van der Waals surface area contributed by atoms with Crippen LogP contribution in [0.5, 0.6) is 0 Å². The van der Waals surface area contributed by atoms with E-state index >= 15 is 0 Å². The lowest BCUT2D eigenvalue weighted by Gasteiger charge is -2.34. The van der Waals surface area contributed by atoms with Crippen LogP contribution >= 0.6 is 0 Å². The number of imidazole rings is 1. The van der Waals surface area contributed by atoms with Gasteiger partial charge >= 0.3 is 0 Å². The predicted molar refractivity (Wildman–Crippen MR) is 98.5 cm³/mol. The highest BCUT2D eigenvalue weighted by atomic mass is 16.1. The van der Waals surface area contributed by atoms with Crippen LogP contribution in [0.4, 0.5) is 5.95 Å².